The van der Waals surface area contributed by atoms with Crippen molar-refractivity contribution in [3.63, 3.8) is 0 Å². The second-order valence-corrected chi connectivity index (χ2v) is 15.0. The summed E-state index contributed by atoms with van der Waals surface area (Å²) in [6.45, 7) is 0. The van der Waals surface area contributed by atoms with Gasteiger partial charge in [0.2, 0.25) is 0 Å². The number of benzene rings is 5. The molecule has 1 aliphatic carbocycles. The van der Waals surface area contributed by atoms with Gasteiger partial charge in [-0.25, -0.2) is 0 Å². The zero-order valence-electron chi connectivity index (χ0n) is 28.6. The predicted octanol–water partition coefficient (Wildman–Crippen LogP) is 10.8. The van der Waals surface area contributed by atoms with Gasteiger partial charge in [0.25, 0.3) is 0 Å². The highest BCUT2D eigenvalue weighted by Gasteiger charge is 2.53. The van der Waals surface area contributed by atoms with Gasteiger partial charge in [0.1, 0.15) is 0 Å². The largest absolute Gasteiger partial charge is 0.308 e. The number of para-hydroxylation sites is 2. The average molecular weight is 707 g/mol. The minimum atomic E-state index is -0.748. The Labute approximate surface area is 313 Å². The first kappa shape index (κ1) is 29.6. The summed E-state index contributed by atoms with van der Waals surface area (Å²) in [6.07, 6.45) is 7.73. The molecule has 1 atom stereocenters. The SMILES string of the molecule is N#Cc1ccc2c(c1)c1ccccc1n2-c1cnc2c(c1)C1(c3ccccc3Sc3cccc(-n4c5ccccc5c5ccncc54)c31)c1cccnc1-2. The highest BCUT2D eigenvalue weighted by atomic mass is 32.2. The lowest BCUT2D eigenvalue weighted by atomic mass is 9.67. The van der Waals surface area contributed by atoms with Gasteiger partial charge in [-0.2, -0.15) is 5.26 Å². The molecule has 0 N–H and O–H groups in total. The van der Waals surface area contributed by atoms with E-state index in [4.69, 9.17) is 9.97 Å². The van der Waals surface area contributed by atoms with Crippen molar-refractivity contribution >= 4 is 55.4 Å². The molecule has 5 aromatic carbocycles. The van der Waals surface area contributed by atoms with E-state index in [0.29, 0.717) is 5.56 Å². The molecule has 250 valence electrons. The number of nitriles is 1. The molecule has 6 heterocycles. The summed E-state index contributed by atoms with van der Waals surface area (Å²) in [5.41, 5.74) is 12.6. The van der Waals surface area contributed by atoms with E-state index in [1.165, 1.54) is 31.7 Å². The van der Waals surface area contributed by atoms with Crippen molar-refractivity contribution in [2.75, 3.05) is 0 Å². The van der Waals surface area contributed by atoms with Crippen LogP contribution in [-0.4, -0.2) is 24.1 Å². The zero-order chi connectivity index (χ0) is 35.5. The minimum absolute atomic E-state index is 0.638. The molecule has 0 bridgehead atoms. The van der Waals surface area contributed by atoms with Crippen LogP contribution in [0.3, 0.4) is 0 Å². The van der Waals surface area contributed by atoms with Crippen LogP contribution in [0.5, 0.6) is 0 Å². The first-order valence-corrected chi connectivity index (χ1v) is 18.7. The van der Waals surface area contributed by atoms with Crippen LogP contribution in [0.4, 0.5) is 0 Å². The monoisotopic (exact) mass is 706 g/mol. The molecule has 0 saturated carbocycles. The number of fused-ring (bicyclic) bond motifs is 15. The van der Waals surface area contributed by atoms with Gasteiger partial charge in [-0.3, -0.25) is 15.0 Å². The molecular weight excluding hydrogens is 681 g/mol. The van der Waals surface area contributed by atoms with Crippen LogP contribution in [-0.2, 0) is 5.41 Å². The maximum atomic E-state index is 9.81. The topological polar surface area (TPSA) is 72.3 Å². The Bertz CT molecular complexity index is 3240. The van der Waals surface area contributed by atoms with Crippen molar-refractivity contribution in [1.29, 1.82) is 5.26 Å². The lowest BCUT2D eigenvalue weighted by Crippen LogP contribution is -2.33. The molecule has 7 heteroatoms. The highest BCUT2D eigenvalue weighted by Crippen LogP contribution is 2.63. The van der Waals surface area contributed by atoms with Crippen molar-refractivity contribution in [3.05, 3.63) is 186 Å². The van der Waals surface area contributed by atoms with Crippen molar-refractivity contribution in [2.45, 2.75) is 15.2 Å². The van der Waals surface area contributed by atoms with Crippen LogP contribution >= 0.6 is 11.8 Å². The molecule has 1 unspecified atom stereocenters. The molecule has 0 fully saturated rings. The van der Waals surface area contributed by atoms with Gasteiger partial charge in [-0.05, 0) is 77.9 Å². The smallest absolute Gasteiger partial charge is 0.0991 e. The van der Waals surface area contributed by atoms with Crippen molar-refractivity contribution in [3.8, 4) is 28.8 Å². The van der Waals surface area contributed by atoms with E-state index in [9.17, 15) is 5.26 Å². The average Bonchev–Trinajstić information content (AvgIpc) is 3.85. The summed E-state index contributed by atoms with van der Waals surface area (Å²) in [4.78, 5) is 17.4. The predicted molar refractivity (Wildman–Crippen MR) is 215 cm³/mol. The van der Waals surface area contributed by atoms with Crippen LogP contribution < -0.4 is 0 Å². The summed E-state index contributed by atoms with van der Waals surface area (Å²) in [5.74, 6) is 0. The molecule has 1 aliphatic heterocycles. The van der Waals surface area contributed by atoms with E-state index in [-0.39, 0.29) is 0 Å². The zero-order valence-corrected chi connectivity index (χ0v) is 29.4. The maximum absolute atomic E-state index is 9.81. The molecular formula is C47H26N6S. The van der Waals surface area contributed by atoms with E-state index >= 15 is 0 Å². The summed E-state index contributed by atoms with van der Waals surface area (Å²) >= 11 is 1.82. The summed E-state index contributed by atoms with van der Waals surface area (Å²) in [6, 6.07) is 49.6. The van der Waals surface area contributed by atoms with E-state index < -0.39 is 5.41 Å². The fourth-order valence-corrected chi connectivity index (χ4v) is 10.6. The quantitative estimate of drug-likeness (QED) is 0.179. The first-order valence-electron chi connectivity index (χ1n) is 17.9. The number of hydrogen-bond acceptors (Lipinski definition) is 5. The third kappa shape index (κ3) is 3.67. The normalized spacial score (nSPS) is 15.4. The Morgan fingerprint density at radius 3 is 2.15 bits per heavy atom. The molecule has 0 amide bonds. The van der Waals surface area contributed by atoms with Crippen molar-refractivity contribution < 1.29 is 0 Å². The number of pyridine rings is 3. The minimum Gasteiger partial charge on any atom is -0.308 e. The number of nitrogens with zero attached hydrogens (tertiary/aromatic N) is 6. The third-order valence-corrected chi connectivity index (χ3v) is 12.5. The van der Waals surface area contributed by atoms with E-state index in [1.807, 2.05) is 48.7 Å². The molecule has 0 saturated heterocycles. The Morgan fingerprint density at radius 2 is 1.26 bits per heavy atom. The van der Waals surface area contributed by atoms with Crippen molar-refractivity contribution in [1.82, 2.24) is 24.1 Å². The van der Waals surface area contributed by atoms with Gasteiger partial charge in [0.15, 0.2) is 0 Å². The fraction of sp³-hybridized carbons (Fsp3) is 0.0213. The van der Waals surface area contributed by atoms with Gasteiger partial charge in [0.05, 0.1) is 74.3 Å². The Balaban J connectivity index is 1.24. The van der Waals surface area contributed by atoms with Gasteiger partial charge in [0, 0.05) is 54.9 Å². The molecule has 6 nitrogen and oxygen atoms in total. The molecule has 54 heavy (non-hydrogen) atoms. The summed E-state index contributed by atoms with van der Waals surface area (Å²) in [7, 11) is 0. The molecule has 10 aromatic rings. The molecule has 12 rings (SSSR count). The Kier molecular flexibility index (Phi) is 5.89. The third-order valence-electron chi connectivity index (χ3n) is 11.4. The molecule has 1 spiro atoms. The molecule has 2 aliphatic rings. The van der Waals surface area contributed by atoms with E-state index in [1.54, 1.807) is 0 Å². The van der Waals surface area contributed by atoms with Crippen LogP contribution in [0.2, 0.25) is 0 Å². The molecule has 5 aromatic heterocycles. The van der Waals surface area contributed by atoms with Crippen LogP contribution in [0.25, 0.3) is 66.4 Å². The van der Waals surface area contributed by atoms with Crippen molar-refractivity contribution in [2.24, 2.45) is 0 Å². The van der Waals surface area contributed by atoms with Crippen LogP contribution in [0, 0.1) is 11.3 Å². The fourth-order valence-electron chi connectivity index (χ4n) is 9.34. The van der Waals surface area contributed by atoms with Crippen LogP contribution in [0.15, 0.2) is 168 Å². The second-order valence-electron chi connectivity index (χ2n) is 13.9. The lowest BCUT2D eigenvalue weighted by Gasteiger charge is -2.40. The second kappa shape index (κ2) is 10.8. The maximum Gasteiger partial charge on any atom is 0.0991 e. The Morgan fingerprint density at radius 1 is 0.537 bits per heavy atom. The van der Waals surface area contributed by atoms with Crippen LogP contribution in [0.1, 0.15) is 27.8 Å². The summed E-state index contributed by atoms with van der Waals surface area (Å²) < 4.78 is 4.69. The summed E-state index contributed by atoms with van der Waals surface area (Å²) in [5, 5.41) is 14.3. The number of hydrogen-bond donors (Lipinski definition) is 0. The number of aromatic nitrogens is 5. The Hall–Kier alpha value is -7.01. The highest BCUT2D eigenvalue weighted by molar-refractivity contribution is 7.99. The first-order chi connectivity index (χ1) is 26.8. The van der Waals surface area contributed by atoms with E-state index in [0.717, 1.165) is 66.7 Å². The molecule has 0 radical (unpaired) electrons. The van der Waals surface area contributed by atoms with Gasteiger partial charge in [-0.15, -0.1) is 0 Å². The lowest BCUT2D eigenvalue weighted by molar-refractivity contribution is 0.712. The van der Waals surface area contributed by atoms with Gasteiger partial charge in [-0.1, -0.05) is 78.5 Å². The number of rotatable bonds is 2. The van der Waals surface area contributed by atoms with Gasteiger partial charge >= 0.3 is 0 Å². The van der Waals surface area contributed by atoms with E-state index in [2.05, 4.69) is 142 Å². The standard InChI is InChI=1S/C47H26N6S/c48-25-28-18-19-39-33(23-28)31-10-2-4-13-37(31)52(39)29-24-36-46(51-26-29)45-35(12-8-21-50-45)47(36)34-11-3-6-16-42(34)54-43-17-7-15-40(44(43)47)53-38-14-5-1-9-30(38)32-20-22-49-27-41(32)53/h1-24,26-27H. The van der Waals surface area contributed by atoms with Gasteiger partial charge < -0.3 is 9.13 Å².